The molecule has 2 saturated heterocycles. The summed E-state index contributed by atoms with van der Waals surface area (Å²) in [7, 11) is 0. The summed E-state index contributed by atoms with van der Waals surface area (Å²) < 4.78 is 10.3. The molecule has 0 aromatic rings. The van der Waals surface area contributed by atoms with Crippen LogP contribution in [-0.4, -0.2) is 47.6 Å². The van der Waals surface area contributed by atoms with Gasteiger partial charge in [0.05, 0.1) is 13.2 Å². The van der Waals surface area contributed by atoms with Gasteiger partial charge in [0.15, 0.2) is 0 Å². The lowest BCUT2D eigenvalue weighted by atomic mass is 9.97. The van der Waals surface area contributed by atoms with E-state index in [0.29, 0.717) is 0 Å². The van der Waals surface area contributed by atoms with Gasteiger partial charge < -0.3 is 19.7 Å². The molecule has 6 nitrogen and oxygen atoms in total. The lowest BCUT2D eigenvalue weighted by Crippen LogP contribution is -2.32. The highest BCUT2D eigenvalue weighted by atomic mass is 16.6. The van der Waals surface area contributed by atoms with Gasteiger partial charge in [0.25, 0.3) is 0 Å². The third kappa shape index (κ3) is 1.27. The largest absolute Gasteiger partial charge is 0.481 e. The summed E-state index contributed by atoms with van der Waals surface area (Å²) in [6.45, 7) is 0.0723. The first-order valence-corrected chi connectivity index (χ1v) is 4.30. The molecule has 4 atom stereocenters. The molecule has 2 aliphatic heterocycles. The number of carbonyl (C=O) groups is 2. The van der Waals surface area contributed by atoms with Gasteiger partial charge in [-0.3, -0.25) is 9.59 Å². The second-order valence-electron chi connectivity index (χ2n) is 3.49. The molecule has 2 fully saturated rings. The first-order chi connectivity index (χ1) is 6.61. The van der Waals surface area contributed by atoms with Crippen molar-refractivity contribution in [2.24, 2.45) is 11.8 Å². The average molecular weight is 202 g/mol. The van der Waals surface area contributed by atoms with Crippen molar-refractivity contribution in [2.45, 2.75) is 12.2 Å². The van der Waals surface area contributed by atoms with E-state index in [1.54, 1.807) is 0 Å². The van der Waals surface area contributed by atoms with Gasteiger partial charge in [-0.25, -0.2) is 0 Å². The fourth-order valence-corrected chi connectivity index (χ4v) is 1.92. The standard InChI is InChI=1S/C8H10O6/c9-7(10)3-1-13-6-4(8(11)12)2-14-5(3)6/h3-6H,1-2H2,(H,9,10)(H,11,12)/t3?,4?,5-,6?/m0/s1. The predicted molar refractivity (Wildman–Crippen MR) is 41.7 cm³/mol. The van der Waals surface area contributed by atoms with Crippen molar-refractivity contribution in [1.29, 1.82) is 0 Å². The molecule has 0 aliphatic carbocycles. The predicted octanol–water partition coefficient (Wildman–Crippen LogP) is -0.814. The Balaban J connectivity index is 2.11. The van der Waals surface area contributed by atoms with Crippen LogP contribution in [-0.2, 0) is 19.1 Å². The summed E-state index contributed by atoms with van der Waals surface area (Å²) >= 11 is 0. The number of carboxylic acids is 2. The van der Waals surface area contributed by atoms with E-state index in [0.717, 1.165) is 0 Å². The van der Waals surface area contributed by atoms with Crippen LogP contribution in [0.1, 0.15) is 0 Å². The van der Waals surface area contributed by atoms with Crippen molar-refractivity contribution >= 4 is 11.9 Å². The highest BCUT2D eigenvalue weighted by Crippen LogP contribution is 2.34. The van der Waals surface area contributed by atoms with Gasteiger partial charge in [0.2, 0.25) is 0 Å². The average Bonchev–Trinajstić information content (AvgIpc) is 2.59. The van der Waals surface area contributed by atoms with E-state index in [-0.39, 0.29) is 13.2 Å². The molecule has 0 radical (unpaired) electrons. The Hall–Kier alpha value is -1.14. The number of fused-ring (bicyclic) bond motifs is 1. The molecule has 0 spiro atoms. The van der Waals surface area contributed by atoms with Crippen LogP contribution in [0.25, 0.3) is 0 Å². The number of hydrogen-bond donors (Lipinski definition) is 2. The van der Waals surface area contributed by atoms with E-state index < -0.39 is 36.0 Å². The molecule has 3 unspecified atom stereocenters. The molecule has 6 heteroatoms. The van der Waals surface area contributed by atoms with Gasteiger partial charge in [-0.1, -0.05) is 0 Å². The number of ether oxygens (including phenoxy) is 2. The maximum atomic E-state index is 10.7. The topological polar surface area (TPSA) is 93.1 Å². The second kappa shape index (κ2) is 3.21. The van der Waals surface area contributed by atoms with E-state index in [4.69, 9.17) is 19.7 Å². The first-order valence-electron chi connectivity index (χ1n) is 4.30. The quantitative estimate of drug-likeness (QED) is 0.608. The van der Waals surface area contributed by atoms with Crippen LogP contribution in [0.15, 0.2) is 0 Å². The van der Waals surface area contributed by atoms with Crippen LogP contribution in [0.2, 0.25) is 0 Å². The number of rotatable bonds is 2. The highest BCUT2D eigenvalue weighted by Gasteiger charge is 2.52. The van der Waals surface area contributed by atoms with Crippen LogP contribution in [0.4, 0.5) is 0 Å². The summed E-state index contributed by atoms with van der Waals surface area (Å²) in [5.74, 6) is -3.46. The van der Waals surface area contributed by atoms with Crippen LogP contribution >= 0.6 is 0 Å². The minimum atomic E-state index is -0.997. The Morgan fingerprint density at radius 1 is 0.929 bits per heavy atom. The second-order valence-corrected chi connectivity index (χ2v) is 3.49. The Labute approximate surface area is 79.4 Å². The SMILES string of the molecule is O=C(O)C1CO[C@H]2C(C(=O)O)COC12. The van der Waals surface area contributed by atoms with E-state index in [1.807, 2.05) is 0 Å². The molecule has 2 aliphatic rings. The maximum absolute atomic E-state index is 10.7. The normalized spacial score (nSPS) is 40.9. The summed E-state index contributed by atoms with van der Waals surface area (Å²) in [6, 6.07) is 0. The Kier molecular flexibility index (Phi) is 2.16. The van der Waals surface area contributed by atoms with Crippen LogP contribution in [0, 0.1) is 11.8 Å². The van der Waals surface area contributed by atoms with Gasteiger partial charge in [-0.2, -0.15) is 0 Å². The Morgan fingerprint density at radius 2 is 1.29 bits per heavy atom. The minimum Gasteiger partial charge on any atom is -0.481 e. The molecule has 2 rings (SSSR count). The van der Waals surface area contributed by atoms with Crippen molar-refractivity contribution in [3.05, 3.63) is 0 Å². The lowest BCUT2D eigenvalue weighted by molar-refractivity contribution is -0.145. The fraction of sp³-hybridized carbons (Fsp3) is 0.750. The monoisotopic (exact) mass is 202 g/mol. The van der Waals surface area contributed by atoms with Crippen LogP contribution in [0.5, 0.6) is 0 Å². The molecule has 78 valence electrons. The number of carboxylic acid groups (broad SMARTS) is 2. The molecule has 2 N–H and O–H groups in total. The van der Waals surface area contributed by atoms with E-state index in [2.05, 4.69) is 0 Å². The van der Waals surface area contributed by atoms with Crippen molar-refractivity contribution in [3.63, 3.8) is 0 Å². The van der Waals surface area contributed by atoms with Crippen LogP contribution < -0.4 is 0 Å². The van der Waals surface area contributed by atoms with E-state index in [1.165, 1.54) is 0 Å². The molecule has 0 aromatic carbocycles. The third-order valence-electron chi connectivity index (χ3n) is 2.69. The minimum absolute atomic E-state index is 0.0362. The zero-order valence-electron chi connectivity index (χ0n) is 7.25. The van der Waals surface area contributed by atoms with Gasteiger partial charge in [0.1, 0.15) is 24.0 Å². The fourth-order valence-electron chi connectivity index (χ4n) is 1.92. The number of aliphatic carboxylic acids is 2. The molecule has 0 amide bonds. The molecule has 0 aromatic heterocycles. The summed E-state index contributed by atoms with van der Waals surface area (Å²) in [4.78, 5) is 21.4. The van der Waals surface area contributed by atoms with Gasteiger partial charge in [0, 0.05) is 0 Å². The zero-order chi connectivity index (χ0) is 10.3. The Morgan fingerprint density at radius 3 is 1.57 bits per heavy atom. The smallest absolute Gasteiger partial charge is 0.311 e. The van der Waals surface area contributed by atoms with Crippen molar-refractivity contribution in [1.82, 2.24) is 0 Å². The van der Waals surface area contributed by atoms with E-state index in [9.17, 15) is 9.59 Å². The molecule has 0 saturated carbocycles. The number of hydrogen-bond acceptors (Lipinski definition) is 4. The van der Waals surface area contributed by atoms with Crippen molar-refractivity contribution in [3.8, 4) is 0 Å². The molecular formula is C8H10O6. The van der Waals surface area contributed by atoms with Gasteiger partial charge >= 0.3 is 11.9 Å². The van der Waals surface area contributed by atoms with Crippen LogP contribution in [0.3, 0.4) is 0 Å². The van der Waals surface area contributed by atoms with Gasteiger partial charge in [-0.05, 0) is 0 Å². The summed E-state index contributed by atoms with van der Waals surface area (Å²) in [6.07, 6.45) is -1.21. The first kappa shape index (κ1) is 9.42. The third-order valence-corrected chi connectivity index (χ3v) is 2.69. The summed E-state index contributed by atoms with van der Waals surface area (Å²) in [5.41, 5.74) is 0. The molecular weight excluding hydrogens is 192 g/mol. The summed E-state index contributed by atoms with van der Waals surface area (Å²) in [5, 5.41) is 17.6. The maximum Gasteiger partial charge on any atom is 0.311 e. The molecule has 14 heavy (non-hydrogen) atoms. The van der Waals surface area contributed by atoms with Gasteiger partial charge in [-0.15, -0.1) is 0 Å². The molecule has 0 bridgehead atoms. The van der Waals surface area contributed by atoms with Crippen molar-refractivity contribution in [2.75, 3.05) is 13.2 Å². The highest BCUT2D eigenvalue weighted by molar-refractivity contribution is 5.74. The van der Waals surface area contributed by atoms with E-state index >= 15 is 0 Å². The zero-order valence-corrected chi connectivity index (χ0v) is 7.25. The van der Waals surface area contributed by atoms with Crippen molar-refractivity contribution < 1.29 is 29.3 Å². The molecule has 2 heterocycles. The Bertz CT molecular complexity index is 247. The lowest BCUT2D eigenvalue weighted by Gasteiger charge is -2.11.